The molecule has 0 unspecified atom stereocenters. The molecule has 8 heteroatoms. The molecule has 0 radical (unpaired) electrons. The van der Waals surface area contributed by atoms with Crippen LogP contribution in [0, 0.1) is 11.6 Å². The van der Waals surface area contributed by atoms with Gasteiger partial charge in [-0.15, -0.1) is 45.3 Å². The maximum atomic E-state index is 15.2. The molecule has 0 aliphatic carbocycles. The van der Waals surface area contributed by atoms with Crippen LogP contribution in [0.1, 0.15) is 0 Å². The molecule has 10 aromatic rings. The van der Waals surface area contributed by atoms with E-state index >= 15 is 8.78 Å². The van der Waals surface area contributed by atoms with Crippen molar-refractivity contribution in [3.63, 3.8) is 0 Å². The summed E-state index contributed by atoms with van der Waals surface area (Å²) in [7, 11) is 0. The fraction of sp³-hybridized carbons (Fsp3) is 0. The van der Waals surface area contributed by atoms with Crippen molar-refractivity contribution in [3.05, 3.63) is 121 Å². The fourth-order valence-electron chi connectivity index (χ4n) is 6.07. The zero-order valence-electron chi connectivity index (χ0n) is 23.6. The van der Waals surface area contributed by atoms with Gasteiger partial charge in [0.05, 0.1) is 0 Å². The van der Waals surface area contributed by atoms with E-state index in [0.29, 0.717) is 21.3 Å². The number of hydrogen-bond acceptors (Lipinski definition) is 6. The van der Waals surface area contributed by atoms with Crippen molar-refractivity contribution in [2.75, 3.05) is 0 Å². The van der Waals surface area contributed by atoms with Gasteiger partial charge in [-0.1, -0.05) is 36.4 Å². The third-order valence-corrected chi connectivity index (χ3v) is 13.1. The smallest absolute Gasteiger partial charge is 0.148 e. The molecular weight excluding hydrogens is 655 g/mol. The van der Waals surface area contributed by atoms with E-state index < -0.39 is 0 Å². The number of halogens is 2. The average Bonchev–Trinajstić information content (AvgIpc) is 3.89. The van der Waals surface area contributed by atoms with Crippen molar-refractivity contribution < 1.29 is 17.6 Å². The minimum atomic E-state index is -0.270. The van der Waals surface area contributed by atoms with Crippen LogP contribution in [0.15, 0.2) is 118 Å². The van der Waals surface area contributed by atoms with E-state index in [1.165, 1.54) is 22.7 Å². The summed E-state index contributed by atoms with van der Waals surface area (Å²) < 4.78 is 44.5. The highest BCUT2D eigenvalue weighted by atomic mass is 32.1. The van der Waals surface area contributed by atoms with Crippen molar-refractivity contribution in [3.8, 4) is 40.8 Å². The van der Waals surface area contributed by atoms with Crippen LogP contribution in [-0.4, -0.2) is 0 Å². The van der Waals surface area contributed by atoms with E-state index in [2.05, 4.69) is 36.4 Å². The molecule has 0 saturated carbocycles. The Morgan fingerprint density at radius 2 is 0.826 bits per heavy atom. The topological polar surface area (TPSA) is 26.3 Å². The molecule has 0 saturated heterocycles. The molecule has 6 heterocycles. The standard InChI is InChI=1S/C38H18F2O2S4/c39-25-17-35(45-37(25)29-11-19-5-1-3-7-27(19)41-29)33-15-23-9-21-14-32-24(10-22(21)13-31(23)43-33)16-34(44-32)36-18-26(40)38(46-36)30-12-20-6-2-4-8-28(20)42-30/h1-18H. The van der Waals surface area contributed by atoms with Gasteiger partial charge in [-0.05, 0) is 94.3 Å². The van der Waals surface area contributed by atoms with Gasteiger partial charge in [0.2, 0.25) is 0 Å². The van der Waals surface area contributed by atoms with Crippen LogP contribution in [0.3, 0.4) is 0 Å². The zero-order valence-corrected chi connectivity index (χ0v) is 26.9. The van der Waals surface area contributed by atoms with Crippen LogP contribution in [0.2, 0.25) is 0 Å². The van der Waals surface area contributed by atoms with Crippen LogP contribution >= 0.6 is 45.3 Å². The Labute approximate surface area is 276 Å². The molecule has 46 heavy (non-hydrogen) atoms. The molecule has 0 aliphatic rings. The Bertz CT molecular complexity index is 2480. The second-order valence-electron chi connectivity index (χ2n) is 11.2. The van der Waals surface area contributed by atoms with Crippen molar-refractivity contribution in [2.24, 2.45) is 0 Å². The molecule has 0 fully saturated rings. The summed E-state index contributed by atoms with van der Waals surface area (Å²) in [6.45, 7) is 0. The normalized spacial score (nSPS) is 12.1. The minimum absolute atomic E-state index is 0.270. The second-order valence-corrected chi connectivity index (χ2v) is 15.5. The molecule has 0 amide bonds. The molecule has 0 atom stereocenters. The Morgan fingerprint density at radius 3 is 1.28 bits per heavy atom. The number of hydrogen-bond donors (Lipinski definition) is 0. The molecule has 0 N–H and O–H groups in total. The van der Waals surface area contributed by atoms with Gasteiger partial charge in [0.1, 0.15) is 44.1 Å². The van der Waals surface area contributed by atoms with Crippen molar-refractivity contribution in [1.29, 1.82) is 0 Å². The molecule has 0 aliphatic heterocycles. The molecule has 0 bridgehead atoms. The maximum absolute atomic E-state index is 15.2. The van der Waals surface area contributed by atoms with Crippen molar-refractivity contribution >= 4 is 98.2 Å². The van der Waals surface area contributed by atoms with E-state index in [0.717, 1.165) is 72.4 Å². The van der Waals surface area contributed by atoms with Crippen LogP contribution in [-0.2, 0) is 0 Å². The van der Waals surface area contributed by atoms with E-state index in [4.69, 9.17) is 8.83 Å². The van der Waals surface area contributed by atoms with Gasteiger partial charge in [0.15, 0.2) is 0 Å². The first-order chi connectivity index (χ1) is 22.5. The first kappa shape index (κ1) is 26.6. The third kappa shape index (κ3) is 4.22. The number of thiophene rings is 4. The highest BCUT2D eigenvalue weighted by Crippen LogP contribution is 2.46. The van der Waals surface area contributed by atoms with Crippen LogP contribution in [0.25, 0.3) is 93.7 Å². The monoisotopic (exact) mass is 672 g/mol. The van der Waals surface area contributed by atoms with E-state index in [1.807, 2.05) is 60.7 Å². The Kier molecular flexibility index (Phi) is 5.75. The highest BCUT2D eigenvalue weighted by molar-refractivity contribution is 7.27. The molecular formula is C38H18F2O2S4. The molecule has 10 rings (SSSR count). The van der Waals surface area contributed by atoms with Gasteiger partial charge in [-0.25, -0.2) is 8.78 Å². The molecule has 4 aromatic carbocycles. The summed E-state index contributed by atoms with van der Waals surface area (Å²) in [6, 6.07) is 35.6. The number of para-hydroxylation sites is 2. The molecule has 0 spiro atoms. The molecule has 6 aromatic heterocycles. The van der Waals surface area contributed by atoms with Crippen molar-refractivity contribution in [2.45, 2.75) is 0 Å². The van der Waals surface area contributed by atoms with Gasteiger partial charge in [-0.3, -0.25) is 0 Å². The quantitative estimate of drug-likeness (QED) is 0.186. The lowest BCUT2D eigenvalue weighted by atomic mass is 10.1. The predicted octanol–water partition coefficient (Wildman–Crippen LogP) is 13.8. The summed E-state index contributed by atoms with van der Waals surface area (Å²) in [4.78, 5) is 4.85. The van der Waals surface area contributed by atoms with E-state index in [1.54, 1.807) is 34.8 Å². The Balaban J connectivity index is 0.999. The predicted molar refractivity (Wildman–Crippen MR) is 192 cm³/mol. The van der Waals surface area contributed by atoms with E-state index in [-0.39, 0.29) is 11.6 Å². The lowest BCUT2D eigenvalue weighted by Crippen LogP contribution is -1.72. The first-order valence-corrected chi connectivity index (χ1v) is 17.8. The fourth-order valence-corrected chi connectivity index (χ4v) is 10.4. The number of rotatable bonds is 4. The van der Waals surface area contributed by atoms with Crippen LogP contribution < -0.4 is 0 Å². The summed E-state index contributed by atoms with van der Waals surface area (Å²) in [5.41, 5.74) is 1.50. The van der Waals surface area contributed by atoms with Gasteiger partial charge in [0.25, 0.3) is 0 Å². The Morgan fingerprint density at radius 1 is 0.391 bits per heavy atom. The largest absolute Gasteiger partial charge is 0.455 e. The van der Waals surface area contributed by atoms with Crippen molar-refractivity contribution in [1.82, 2.24) is 0 Å². The van der Waals surface area contributed by atoms with Gasteiger partial charge in [-0.2, -0.15) is 0 Å². The highest BCUT2D eigenvalue weighted by Gasteiger charge is 2.20. The Hall–Kier alpha value is -4.60. The SMILES string of the molecule is Fc1cc(-c2cc3cc4cc5sc(-c6cc(F)c(-c7cc8ccccc8o7)s6)cc5cc4cc3s2)sc1-c1cc2ccccc2o1. The summed E-state index contributed by atoms with van der Waals surface area (Å²) in [6.07, 6.45) is 0. The third-order valence-electron chi connectivity index (χ3n) is 8.27. The molecule has 2 nitrogen and oxygen atoms in total. The van der Waals surface area contributed by atoms with Crippen LogP contribution in [0.5, 0.6) is 0 Å². The second kappa shape index (κ2) is 9.95. The number of benzene rings is 4. The zero-order chi connectivity index (χ0) is 30.5. The van der Waals surface area contributed by atoms with Gasteiger partial charge in [0, 0.05) is 39.7 Å². The average molecular weight is 673 g/mol. The lowest BCUT2D eigenvalue weighted by molar-refractivity contribution is 0.606. The maximum Gasteiger partial charge on any atom is 0.148 e. The minimum Gasteiger partial charge on any atom is -0.455 e. The number of fused-ring (bicyclic) bond motifs is 5. The lowest BCUT2D eigenvalue weighted by Gasteiger charge is -1.99. The number of furan rings is 2. The first-order valence-electron chi connectivity index (χ1n) is 14.5. The van der Waals surface area contributed by atoms with Gasteiger partial charge >= 0.3 is 0 Å². The molecule has 220 valence electrons. The summed E-state index contributed by atoms with van der Waals surface area (Å²) in [5.74, 6) is 0.565. The van der Waals surface area contributed by atoms with E-state index in [9.17, 15) is 0 Å². The van der Waals surface area contributed by atoms with Crippen LogP contribution in [0.4, 0.5) is 8.78 Å². The summed E-state index contributed by atoms with van der Waals surface area (Å²) >= 11 is 6.17. The summed E-state index contributed by atoms with van der Waals surface area (Å²) in [5, 5.41) is 6.44. The van der Waals surface area contributed by atoms with Gasteiger partial charge < -0.3 is 8.83 Å².